The number of benzene rings is 2. The van der Waals surface area contributed by atoms with Crippen molar-refractivity contribution < 1.29 is 31.5 Å². The predicted octanol–water partition coefficient (Wildman–Crippen LogP) is 4.29. The van der Waals surface area contributed by atoms with Crippen LogP contribution in [-0.2, 0) is 27.7 Å². The minimum absolute atomic E-state index is 0.0700. The molecule has 148 valence electrons. The molecule has 1 N–H and O–H groups in total. The van der Waals surface area contributed by atoms with E-state index in [0.29, 0.717) is 11.6 Å². The van der Waals surface area contributed by atoms with Crippen molar-refractivity contribution in [2.24, 2.45) is 0 Å². The Morgan fingerprint density at radius 1 is 1.07 bits per heavy atom. The van der Waals surface area contributed by atoms with Crippen LogP contribution in [0.25, 0.3) is 0 Å². The molecule has 1 unspecified atom stereocenters. The molecule has 1 saturated carbocycles. The fourth-order valence-corrected chi connectivity index (χ4v) is 3.49. The zero-order valence-corrected chi connectivity index (χ0v) is 14.6. The summed E-state index contributed by atoms with van der Waals surface area (Å²) in [6.45, 7) is -0.356. The van der Waals surface area contributed by atoms with E-state index < -0.39 is 34.7 Å². The van der Waals surface area contributed by atoms with Crippen molar-refractivity contribution in [3.05, 3.63) is 70.8 Å². The van der Waals surface area contributed by atoms with E-state index in [9.17, 15) is 31.5 Å². The second-order valence-corrected chi connectivity index (χ2v) is 6.84. The molecule has 0 spiro atoms. The summed E-state index contributed by atoms with van der Waals surface area (Å²) in [5.74, 6) is -2.41. The van der Waals surface area contributed by atoms with Crippen LogP contribution in [0.5, 0.6) is 0 Å². The van der Waals surface area contributed by atoms with Crippen molar-refractivity contribution in [3.8, 4) is 0 Å². The summed E-state index contributed by atoms with van der Waals surface area (Å²) in [7, 11) is 0. The van der Waals surface area contributed by atoms with Crippen molar-refractivity contribution in [2.75, 3.05) is 0 Å². The van der Waals surface area contributed by atoms with E-state index in [1.54, 1.807) is 0 Å². The molecule has 3 nitrogen and oxygen atoms in total. The van der Waals surface area contributed by atoms with Gasteiger partial charge in [-0.1, -0.05) is 12.1 Å². The Hall–Kier alpha value is -2.77. The van der Waals surface area contributed by atoms with Gasteiger partial charge in [-0.05, 0) is 47.9 Å². The molecule has 8 heteroatoms. The van der Waals surface area contributed by atoms with Crippen molar-refractivity contribution in [3.63, 3.8) is 0 Å². The van der Waals surface area contributed by atoms with Crippen molar-refractivity contribution in [1.29, 1.82) is 0 Å². The largest absolute Gasteiger partial charge is 0.416 e. The molecule has 1 amide bonds. The summed E-state index contributed by atoms with van der Waals surface area (Å²) in [6, 6.07) is 7.34. The summed E-state index contributed by atoms with van der Waals surface area (Å²) in [4.78, 5) is 24.7. The molecule has 0 bridgehead atoms. The van der Waals surface area contributed by atoms with Gasteiger partial charge in [-0.25, -0.2) is 8.78 Å². The summed E-state index contributed by atoms with van der Waals surface area (Å²) < 4.78 is 65.6. The highest BCUT2D eigenvalue weighted by molar-refractivity contribution is 5.97. The molecule has 1 fully saturated rings. The minimum atomic E-state index is -4.72. The highest BCUT2D eigenvalue weighted by Gasteiger charge is 2.46. The van der Waals surface area contributed by atoms with Crippen LogP contribution in [0.3, 0.4) is 0 Å². The molecule has 0 heterocycles. The van der Waals surface area contributed by atoms with Crippen LogP contribution in [-0.4, -0.2) is 11.7 Å². The van der Waals surface area contributed by atoms with E-state index in [2.05, 4.69) is 5.32 Å². The molecule has 2 aromatic carbocycles. The van der Waals surface area contributed by atoms with Gasteiger partial charge in [0.25, 0.3) is 0 Å². The number of alkyl halides is 3. The number of amides is 1. The number of ketones is 1. The van der Waals surface area contributed by atoms with Gasteiger partial charge in [0.1, 0.15) is 17.4 Å². The lowest BCUT2D eigenvalue weighted by atomic mass is 9.78. The quantitative estimate of drug-likeness (QED) is 0.783. The van der Waals surface area contributed by atoms with E-state index >= 15 is 0 Å². The SMILES string of the molecule is O=C1CCC(C(=O)NCc2cc(F)cc(C(F)(F)F)c2)(c2cccc(F)c2)C1. The highest BCUT2D eigenvalue weighted by Crippen LogP contribution is 2.40. The maximum atomic E-state index is 13.6. The molecule has 0 saturated heterocycles. The Kier molecular flexibility index (Phi) is 5.23. The van der Waals surface area contributed by atoms with Crippen LogP contribution < -0.4 is 5.32 Å². The lowest BCUT2D eigenvalue weighted by Gasteiger charge is -2.27. The molecule has 0 aliphatic heterocycles. The second kappa shape index (κ2) is 7.33. The first-order valence-corrected chi connectivity index (χ1v) is 8.53. The molecule has 0 aromatic heterocycles. The van der Waals surface area contributed by atoms with E-state index in [1.807, 2.05) is 0 Å². The standard InChI is InChI=1S/C20H16F5NO2/c21-15-3-1-2-13(8-15)19(5-4-17(27)10-19)18(28)26-11-12-6-14(20(23,24)25)9-16(22)7-12/h1-3,6-9H,4-5,10-11H2,(H,26,28). The van der Waals surface area contributed by atoms with Crippen LogP contribution >= 0.6 is 0 Å². The average Bonchev–Trinajstić information content (AvgIpc) is 3.02. The Morgan fingerprint density at radius 3 is 2.43 bits per heavy atom. The van der Waals surface area contributed by atoms with E-state index in [-0.39, 0.29) is 37.2 Å². The second-order valence-electron chi connectivity index (χ2n) is 6.84. The fourth-order valence-electron chi connectivity index (χ4n) is 3.49. The number of nitrogens with one attached hydrogen (secondary N) is 1. The molecule has 0 radical (unpaired) electrons. The summed E-state index contributed by atoms with van der Waals surface area (Å²) in [5, 5.41) is 2.48. The van der Waals surface area contributed by atoms with Gasteiger partial charge >= 0.3 is 6.18 Å². The Labute approximate surface area is 157 Å². The summed E-state index contributed by atoms with van der Waals surface area (Å²) in [5.41, 5.74) is -2.20. The van der Waals surface area contributed by atoms with Crippen LogP contribution in [0.1, 0.15) is 36.0 Å². The third kappa shape index (κ3) is 4.05. The van der Waals surface area contributed by atoms with E-state index in [0.717, 1.165) is 12.1 Å². The maximum absolute atomic E-state index is 13.6. The molecule has 3 rings (SSSR count). The Morgan fingerprint density at radius 2 is 1.82 bits per heavy atom. The fraction of sp³-hybridized carbons (Fsp3) is 0.300. The number of hydrogen-bond acceptors (Lipinski definition) is 2. The van der Waals surface area contributed by atoms with Crippen molar-refractivity contribution in [2.45, 2.75) is 37.4 Å². The predicted molar refractivity (Wildman–Crippen MR) is 90.2 cm³/mol. The van der Waals surface area contributed by atoms with Crippen LogP contribution in [0.15, 0.2) is 42.5 Å². The monoisotopic (exact) mass is 397 g/mol. The zero-order valence-electron chi connectivity index (χ0n) is 14.6. The van der Waals surface area contributed by atoms with Gasteiger partial charge in [0.2, 0.25) is 5.91 Å². The molecular weight excluding hydrogens is 381 g/mol. The molecular formula is C20H16F5NO2. The first-order chi connectivity index (χ1) is 13.1. The van der Waals surface area contributed by atoms with Crippen LogP contribution in [0, 0.1) is 11.6 Å². The lowest BCUT2D eigenvalue weighted by Crippen LogP contribution is -2.42. The number of carbonyl (C=O) groups excluding carboxylic acids is 2. The van der Waals surface area contributed by atoms with E-state index in [4.69, 9.17) is 0 Å². The molecule has 2 aromatic rings. The van der Waals surface area contributed by atoms with Gasteiger partial charge in [-0.15, -0.1) is 0 Å². The van der Waals surface area contributed by atoms with Crippen molar-refractivity contribution >= 4 is 11.7 Å². The van der Waals surface area contributed by atoms with Gasteiger partial charge in [0.05, 0.1) is 11.0 Å². The number of rotatable bonds is 4. The zero-order chi connectivity index (χ0) is 20.5. The van der Waals surface area contributed by atoms with Gasteiger partial charge < -0.3 is 5.32 Å². The van der Waals surface area contributed by atoms with Gasteiger partial charge in [0.15, 0.2) is 0 Å². The normalized spacial score (nSPS) is 19.7. The summed E-state index contributed by atoms with van der Waals surface area (Å²) in [6.07, 6.45) is -4.54. The smallest absolute Gasteiger partial charge is 0.351 e. The summed E-state index contributed by atoms with van der Waals surface area (Å²) >= 11 is 0. The van der Waals surface area contributed by atoms with Crippen LogP contribution in [0.2, 0.25) is 0 Å². The number of carbonyl (C=O) groups is 2. The molecule has 28 heavy (non-hydrogen) atoms. The van der Waals surface area contributed by atoms with E-state index in [1.165, 1.54) is 24.3 Å². The van der Waals surface area contributed by atoms with Crippen LogP contribution in [0.4, 0.5) is 22.0 Å². The average molecular weight is 397 g/mol. The lowest BCUT2D eigenvalue weighted by molar-refractivity contribution is -0.137. The topological polar surface area (TPSA) is 46.2 Å². The van der Waals surface area contributed by atoms with Gasteiger partial charge in [-0.2, -0.15) is 13.2 Å². The first-order valence-electron chi connectivity index (χ1n) is 8.53. The third-order valence-corrected chi connectivity index (χ3v) is 4.88. The molecule has 1 aliphatic rings. The maximum Gasteiger partial charge on any atom is 0.416 e. The minimum Gasteiger partial charge on any atom is -0.351 e. The highest BCUT2D eigenvalue weighted by atomic mass is 19.4. The van der Waals surface area contributed by atoms with Crippen molar-refractivity contribution in [1.82, 2.24) is 5.32 Å². The third-order valence-electron chi connectivity index (χ3n) is 4.88. The van der Waals surface area contributed by atoms with Gasteiger partial charge in [-0.3, -0.25) is 9.59 Å². The Bertz CT molecular complexity index is 925. The molecule has 1 aliphatic carbocycles. The number of hydrogen-bond donors (Lipinski definition) is 1. The number of halogens is 5. The first kappa shape index (κ1) is 20.0. The molecule has 1 atom stereocenters. The number of Topliss-reactive ketones (excluding diaryl/α,β-unsaturated/α-hetero) is 1. The Balaban J connectivity index is 1.85. The van der Waals surface area contributed by atoms with Gasteiger partial charge in [0, 0.05) is 19.4 Å².